The molecule has 0 heterocycles. The van der Waals surface area contributed by atoms with Crippen LogP contribution in [0.5, 0.6) is 0 Å². The summed E-state index contributed by atoms with van der Waals surface area (Å²) in [4.78, 5) is 19.4. The van der Waals surface area contributed by atoms with Crippen LogP contribution in [0, 0.1) is 0 Å². The van der Waals surface area contributed by atoms with Crippen LogP contribution < -0.4 is 0 Å². The fourth-order valence-corrected chi connectivity index (χ4v) is 0.376. The summed E-state index contributed by atoms with van der Waals surface area (Å²) in [6.45, 7) is 4.17. The number of hydrogen-bond acceptors (Lipinski definition) is 4. The molecule has 0 aliphatic heterocycles. The van der Waals surface area contributed by atoms with Crippen LogP contribution in [0.4, 0.5) is 0 Å². The minimum atomic E-state index is -0.407. The fraction of sp³-hybridized carbons (Fsp3) is 0.833. The highest BCUT2D eigenvalue weighted by Crippen LogP contribution is 1.81. The molecule has 0 aliphatic carbocycles. The fourth-order valence-electron chi connectivity index (χ4n) is 0.376. The van der Waals surface area contributed by atoms with E-state index in [2.05, 4.69) is 14.5 Å². The Morgan fingerprint density at radius 3 is 2.40 bits per heavy atom. The molecule has 0 saturated carbocycles. The first kappa shape index (κ1) is 9.39. The van der Waals surface area contributed by atoms with Gasteiger partial charge in [-0.25, -0.2) is 14.6 Å². The summed E-state index contributed by atoms with van der Waals surface area (Å²) in [7, 11) is 0. The van der Waals surface area contributed by atoms with Crippen LogP contribution in [-0.2, 0) is 19.3 Å². The lowest BCUT2D eigenvalue weighted by molar-refractivity contribution is -0.289. The molecule has 0 aromatic heterocycles. The van der Waals surface area contributed by atoms with E-state index in [1.54, 1.807) is 13.8 Å². The maximum atomic E-state index is 10.5. The van der Waals surface area contributed by atoms with Crippen molar-refractivity contribution in [2.45, 2.75) is 13.8 Å². The average molecular weight is 148 g/mol. The molecular formula is C6H12O4. The molecule has 0 aliphatic rings. The summed E-state index contributed by atoms with van der Waals surface area (Å²) in [5.74, 6) is -0.407. The number of rotatable bonds is 5. The minimum absolute atomic E-state index is 0.137. The molecule has 4 nitrogen and oxygen atoms in total. The van der Waals surface area contributed by atoms with Gasteiger partial charge < -0.3 is 4.74 Å². The van der Waals surface area contributed by atoms with Gasteiger partial charge in [0.1, 0.15) is 0 Å². The smallest absolute Gasteiger partial charge is 0.335 e. The Kier molecular flexibility index (Phi) is 6.11. The molecule has 4 heteroatoms. The Bertz CT molecular complexity index is 91.7. The predicted molar refractivity (Wildman–Crippen MR) is 34.2 cm³/mol. The molecule has 0 aromatic carbocycles. The molecule has 0 unspecified atom stereocenters. The normalized spacial score (nSPS) is 9.40. The zero-order valence-electron chi connectivity index (χ0n) is 6.25. The van der Waals surface area contributed by atoms with Crippen LogP contribution in [0.25, 0.3) is 0 Å². The Hall–Kier alpha value is -0.610. The van der Waals surface area contributed by atoms with Crippen molar-refractivity contribution < 1.29 is 19.3 Å². The first-order valence-electron chi connectivity index (χ1n) is 3.21. The van der Waals surface area contributed by atoms with E-state index < -0.39 is 5.97 Å². The van der Waals surface area contributed by atoms with E-state index in [0.717, 1.165) is 0 Å². The number of hydrogen-bond donors (Lipinski definition) is 0. The summed E-state index contributed by atoms with van der Waals surface area (Å²) in [5.41, 5.74) is 0. The van der Waals surface area contributed by atoms with E-state index in [9.17, 15) is 4.79 Å². The maximum Gasteiger partial charge on any atom is 0.335 e. The molecular weight excluding hydrogens is 136 g/mol. The monoisotopic (exact) mass is 148 g/mol. The van der Waals surface area contributed by atoms with Gasteiger partial charge in [-0.1, -0.05) is 0 Å². The second kappa shape index (κ2) is 6.51. The third-order valence-electron chi connectivity index (χ3n) is 0.683. The van der Waals surface area contributed by atoms with Crippen molar-refractivity contribution in [1.82, 2.24) is 0 Å². The summed E-state index contributed by atoms with van der Waals surface area (Å²) >= 11 is 0. The number of esters is 1. The second-order valence-corrected chi connectivity index (χ2v) is 1.47. The summed E-state index contributed by atoms with van der Waals surface area (Å²) < 4.78 is 4.54. The highest BCUT2D eigenvalue weighted by Gasteiger charge is 1.99. The van der Waals surface area contributed by atoms with Crippen molar-refractivity contribution in [3.05, 3.63) is 0 Å². The van der Waals surface area contributed by atoms with Crippen LogP contribution in [0.3, 0.4) is 0 Å². The van der Waals surface area contributed by atoms with Gasteiger partial charge in [-0.05, 0) is 13.8 Å². The van der Waals surface area contributed by atoms with E-state index in [0.29, 0.717) is 13.2 Å². The predicted octanol–water partition coefficient (Wildman–Crippen LogP) is 0.518. The van der Waals surface area contributed by atoms with Gasteiger partial charge in [0.25, 0.3) is 0 Å². The van der Waals surface area contributed by atoms with Crippen LogP contribution in [0.2, 0.25) is 0 Å². The Labute approximate surface area is 60.0 Å². The van der Waals surface area contributed by atoms with Gasteiger partial charge in [0, 0.05) is 0 Å². The van der Waals surface area contributed by atoms with Gasteiger partial charge in [-0.3, -0.25) is 0 Å². The molecule has 0 atom stereocenters. The van der Waals surface area contributed by atoms with E-state index >= 15 is 0 Å². The maximum absolute atomic E-state index is 10.5. The molecule has 0 aromatic rings. The van der Waals surface area contributed by atoms with Gasteiger partial charge >= 0.3 is 5.97 Å². The SMILES string of the molecule is CCOOCC(=O)OCC. The van der Waals surface area contributed by atoms with E-state index in [-0.39, 0.29) is 6.61 Å². The molecule has 0 spiro atoms. The number of carbonyl (C=O) groups is 1. The second-order valence-electron chi connectivity index (χ2n) is 1.47. The van der Waals surface area contributed by atoms with Crippen LogP contribution in [0.15, 0.2) is 0 Å². The Balaban J connectivity index is 3.05. The first-order valence-corrected chi connectivity index (χ1v) is 3.21. The van der Waals surface area contributed by atoms with Gasteiger partial charge in [-0.2, -0.15) is 0 Å². The van der Waals surface area contributed by atoms with Gasteiger partial charge in [0.05, 0.1) is 13.2 Å². The molecule has 0 fully saturated rings. The number of carbonyl (C=O) groups excluding carboxylic acids is 1. The molecule has 0 radical (unpaired) electrons. The third kappa shape index (κ3) is 5.53. The van der Waals surface area contributed by atoms with Crippen LogP contribution in [-0.4, -0.2) is 25.8 Å². The Morgan fingerprint density at radius 2 is 1.90 bits per heavy atom. The topological polar surface area (TPSA) is 44.8 Å². The number of ether oxygens (including phenoxy) is 1. The molecule has 0 saturated heterocycles. The van der Waals surface area contributed by atoms with Crippen molar-refractivity contribution in [3.63, 3.8) is 0 Å². The molecule has 10 heavy (non-hydrogen) atoms. The highest BCUT2D eigenvalue weighted by molar-refractivity contribution is 5.70. The minimum Gasteiger partial charge on any atom is -0.464 e. The van der Waals surface area contributed by atoms with Gasteiger partial charge in [-0.15, -0.1) is 0 Å². The van der Waals surface area contributed by atoms with E-state index in [1.165, 1.54) is 0 Å². The zero-order valence-corrected chi connectivity index (χ0v) is 6.25. The molecule has 60 valence electrons. The standard InChI is InChI=1S/C6H12O4/c1-3-8-6(7)5-10-9-4-2/h3-5H2,1-2H3. The first-order chi connectivity index (χ1) is 4.81. The summed E-state index contributed by atoms with van der Waals surface area (Å²) in [6, 6.07) is 0. The van der Waals surface area contributed by atoms with Gasteiger partial charge in [0.15, 0.2) is 6.61 Å². The third-order valence-corrected chi connectivity index (χ3v) is 0.683. The van der Waals surface area contributed by atoms with Gasteiger partial charge in [0.2, 0.25) is 0 Å². The van der Waals surface area contributed by atoms with Crippen molar-refractivity contribution >= 4 is 5.97 Å². The average Bonchev–Trinajstić information content (AvgIpc) is 1.89. The molecule has 0 amide bonds. The summed E-state index contributed by atoms with van der Waals surface area (Å²) in [6.07, 6.45) is 0. The van der Waals surface area contributed by atoms with Crippen LogP contribution >= 0.6 is 0 Å². The highest BCUT2D eigenvalue weighted by atomic mass is 17.2. The van der Waals surface area contributed by atoms with Crippen molar-refractivity contribution in [2.75, 3.05) is 19.8 Å². The molecule has 0 bridgehead atoms. The molecule has 0 N–H and O–H groups in total. The largest absolute Gasteiger partial charge is 0.464 e. The van der Waals surface area contributed by atoms with E-state index in [4.69, 9.17) is 0 Å². The van der Waals surface area contributed by atoms with Crippen molar-refractivity contribution in [2.24, 2.45) is 0 Å². The lowest BCUT2D eigenvalue weighted by atomic mass is 10.7. The quantitative estimate of drug-likeness (QED) is 0.247. The van der Waals surface area contributed by atoms with Crippen molar-refractivity contribution in [1.29, 1.82) is 0 Å². The van der Waals surface area contributed by atoms with Crippen LogP contribution in [0.1, 0.15) is 13.8 Å². The summed E-state index contributed by atoms with van der Waals surface area (Å²) in [5, 5.41) is 0. The lowest BCUT2D eigenvalue weighted by Gasteiger charge is -2.00. The van der Waals surface area contributed by atoms with E-state index in [1.807, 2.05) is 0 Å². The zero-order chi connectivity index (χ0) is 7.82. The Morgan fingerprint density at radius 1 is 1.20 bits per heavy atom. The van der Waals surface area contributed by atoms with Crippen molar-refractivity contribution in [3.8, 4) is 0 Å². The lowest BCUT2D eigenvalue weighted by Crippen LogP contribution is -2.12. The molecule has 0 rings (SSSR count).